The Hall–Kier alpha value is -2.60. The van der Waals surface area contributed by atoms with Crippen LogP contribution in [-0.4, -0.2) is 25.5 Å². The number of hydrogen-bond donors (Lipinski definition) is 1. The van der Waals surface area contributed by atoms with Crippen molar-refractivity contribution in [3.63, 3.8) is 0 Å². The fraction of sp³-hybridized carbons (Fsp3) is 0.235. The minimum atomic E-state index is -0.173. The molecule has 1 N–H and O–H groups in total. The maximum Gasteiger partial charge on any atom is 0.246 e. The van der Waals surface area contributed by atoms with E-state index in [1.807, 2.05) is 19.2 Å². The molecule has 1 amide bonds. The quantitative estimate of drug-likeness (QED) is 0.774. The van der Waals surface area contributed by atoms with Gasteiger partial charge in [-0.15, -0.1) is 0 Å². The summed E-state index contributed by atoms with van der Waals surface area (Å²) in [5, 5.41) is 11.7. The van der Waals surface area contributed by atoms with Crippen LogP contribution in [0, 0.1) is 13.8 Å². The van der Waals surface area contributed by atoms with Crippen LogP contribution >= 0.6 is 11.6 Å². The van der Waals surface area contributed by atoms with Crippen LogP contribution in [0.4, 0.5) is 5.69 Å². The molecule has 24 heavy (non-hydrogen) atoms. The molecule has 6 nitrogen and oxygen atoms in total. The number of carbonyl (C=O) groups excluding carboxylic acids is 1. The highest BCUT2D eigenvalue weighted by Crippen LogP contribution is 2.14. The van der Waals surface area contributed by atoms with Gasteiger partial charge in [0.25, 0.3) is 0 Å². The van der Waals surface area contributed by atoms with Crippen molar-refractivity contribution in [2.45, 2.75) is 26.9 Å². The first kappa shape index (κ1) is 16.3. The van der Waals surface area contributed by atoms with E-state index in [0.29, 0.717) is 17.3 Å². The van der Waals surface area contributed by atoms with Crippen molar-refractivity contribution < 1.29 is 4.79 Å². The maximum atomic E-state index is 12.1. The highest BCUT2D eigenvalue weighted by Gasteiger charge is 2.10. The van der Waals surface area contributed by atoms with E-state index in [1.165, 1.54) is 11.8 Å². The van der Waals surface area contributed by atoms with Gasteiger partial charge >= 0.3 is 0 Å². The van der Waals surface area contributed by atoms with Gasteiger partial charge in [-0.25, -0.2) is 0 Å². The number of nitrogens with zero attached hydrogens (tertiary/aromatic N) is 4. The number of nitrogens with one attached hydrogen (secondary N) is 1. The van der Waals surface area contributed by atoms with Crippen LogP contribution < -0.4 is 5.32 Å². The average Bonchev–Trinajstić information content (AvgIpc) is 3.09. The zero-order chi connectivity index (χ0) is 17.1. The van der Waals surface area contributed by atoms with Crippen LogP contribution in [0.5, 0.6) is 0 Å². The predicted molar refractivity (Wildman–Crippen MR) is 93.1 cm³/mol. The third-order valence-electron chi connectivity index (χ3n) is 3.68. The predicted octanol–water partition coefficient (Wildman–Crippen LogP) is 3.04. The SMILES string of the molecule is Cc1cccc(Cn2cc(NC(=O)Cn3ncc(Cl)c3C)cn2)c1. The molecule has 0 aliphatic rings. The lowest BCUT2D eigenvalue weighted by Crippen LogP contribution is -2.20. The molecule has 124 valence electrons. The number of aromatic nitrogens is 4. The van der Waals surface area contributed by atoms with Gasteiger partial charge in [-0.05, 0) is 19.4 Å². The van der Waals surface area contributed by atoms with E-state index >= 15 is 0 Å². The lowest BCUT2D eigenvalue weighted by molar-refractivity contribution is -0.116. The van der Waals surface area contributed by atoms with Crippen molar-refractivity contribution in [2.24, 2.45) is 0 Å². The molecule has 0 saturated carbocycles. The largest absolute Gasteiger partial charge is 0.322 e. The van der Waals surface area contributed by atoms with E-state index in [1.54, 1.807) is 15.6 Å². The van der Waals surface area contributed by atoms with Crippen LogP contribution in [0.15, 0.2) is 42.9 Å². The van der Waals surface area contributed by atoms with Crippen molar-refractivity contribution in [3.8, 4) is 0 Å². The van der Waals surface area contributed by atoms with E-state index in [9.17, 15) is 4.79 Å². The zero-order valence-corrected chi connectivity index (χ0v) is 14.3. The first-order chi connectivity index (χ1) is 11.5. The third kappa shape index (κ3) is 3.83. The molecule has 0 aliphatic heterocycles. The maximum absolute atomic E-state index is 12.1. The highest BCUT2D eigenvalue weighted by molar-refractivity contribution is 6.31. The molecule has 3 aromatic rings. The molecule has 0 radical (unpaired) electrons. The van der Waals surface area contributed by atoms with Crippen molar-refractivity contribution in [1.29, 1.82) is 0 Å². The van der Waals surface area contributed by atoms with E-state index in [0.717, 1.165) is 11.3 Å². The molecule has 0 spiro atoms. The molecule has 0 fully saturated rings. The Kier molecular flexibility index (Phi) is 4.66. The molecule has 7 heteroatoms. The molecule has 0 atom stereocenters. The van der Waals surface area contributed by atoms with Crippen molar-refractivity contribution >= 4 is 23.2 Å². The summed E-state index contributed by atoms with van der Waals surface area (Å²) in [5.74, 6) is -0.173. The number of carbonyl (C=O) groups is 1. The third-order valence-corrected chi connectivity index (χ3v) is 4.05. The molecule has 0 bridgehead atoms. The molecule has 2 aromatic heterocycles. The van der Waals surface area contributed by atoms with E-state index in [4.69, 9.17) is 11.6 Å². The summed E-state index contributed by atoms with van der Waals surface area (Å²) in [4.78, 5) is 12.1. The number of rotatable bonds is 5. The lowest BCUT2D eigenvalue weighted by atomic mass is 10.1. The summed E-state index contributed by atoms with van der Waals surface area (Å²) in [6.07, 6.45) is 4.98. The topological polar surface area (TPSA) is 64.7 Å². The summed E-state index contributed by atoms with van der Waals surface area (Å²) in [6.45, 7) is 4.65. The molecule has 1 aromatic carbocycles. The highest BCUT2D eigenvalue weighted by atomic mass is 35.5. The summed E-state index contributed by atoms with van der Waals surface area (Å²) < 4.78 is 3.36. The minimum absolute atomic E-state index is 0.113. The Labute approximate surface area is 145 Å². The molecule has 0 saturated heterocycles. The summed E-state index contributed by atoms with van der Waals surface area (Å²) in [7, 11) is 0. The van der Waals surface area contributed by atoms with Crippen LogP contribution in [0.3, 0.4) is 0 Å². The van der Waals surface area contributed by atoms with Gasteiger partial charge in [0.1, 0.15) is 6.54 Å². The molecule has 0 unspecified atom stereocenters. The normalized spacial score (nSPS) is 10.8. The second-order valence-corrected chi connectivity index (χ2v) is 6.11. The molecular formula is C17H18ClN5O. The van der Waals surface area contributed by atoms with Gasteiger partial charge in [-0.3, -0.25) is 14.2 Å². The van der Waals surface area contributed by atoms with Crippen LogP contribution in [0.2, 0.25) is 5.02 Å². The van der Waals surface area contributed by atoms with E-state index < -0.39 is 0 Å². The second kappa shape index (κ2) is 6.88. The van der Waals surface area contributed by atoms with E-state index in [-0.39, 0.29) is 12.5 Å². The Morgan fingerprint density at radius 3 is 2.79 bits per heavy atom. The number of benzene rings is 1. The van der Waals surface area contributed by atoms with Crippen LogP contribution in [0.25, 0.3) is 0 Å². The van der Waals surface area contributed by atoms with Gasteiger partial charge in [0, 0.05) is 6.20 Å². The van der Waals surface area contributed by atoms with Gasteiger partial charge < -0.3 is 5.32 Å². The fourth-order valence-electron chi connectivity index (χ4n) is 2.43. The van der Waals surface area contributed by atoms with Gasteiger partial charge in [0.2, 0.25) is 5.91 Å². The zero-order valence-electron chi connectivity index (χ0n) is 13.5. The summed E-state index contributed by atoms with van der Waals surface area (Å²) >= 11 is 5.94. The number of halogens is 1. The van der Waals surface area contributed by atoms with Crippen molar-refractivity contribution in [3.05, 3.63) is 64.7 Å². The number of hydrogen-bond acceptors (Lipinski definition) is 3. The van der Waals surface area contributed by atoms with Crippen molar-refractivity contribution in [1.82, 2.24) is 19.6 Å². The first-order valence-corrected chi connectivity index (χ1v) is 7.95. The van der Waals surface area contributed by atoms with Gasteiger partial charge in [-0.1, -0.05) is 41.4 Å². The summed E-state index contributed by atoms with van der Waals surface area (Å²) in [5.41, 5.74) is 3.80. The first-order valence-electron chi connectivity index (χ1n) is 7.57. The standard InChI is InChI=1S/C17H18ClN5O/c1-12-4-3-5-14(6-12)9-22-10-15(7-19-22)21-17(24)11-23-13(2)16(18)8-20-23/h3-8,10H,9,11H2,1-2H3,(H,21,24). The lowest BCUT2D eigenvalue weighted by Gasteiger charge is -2.05. The van der Waals surface area contributed by atoms with Crippen LogP contribution in [0.1, 0.15) is 16.8 Å². The Bertz CT molecular complexity index is 868. The fourth-order valence-corrected chi connectivity index (χ4v) is 2.57. The Balaban J connectivity index is 1.61. The van der Waals surface area contributed by atoms with Gasteiger partial charge in [0.05, 0.1) is 35.3 Å². The minimum Gasteiger partial charge on any atom is -0.322 e. The number of amides is 1. The number of aryl methyl sites for hydroxylation is 1. The second-order valence-electron chi connectivity index (χ2n) is 5.70. The Morgan fingerprint density at radius 1 is 1.25 bits per heavy atom. The summed E-state index contributed by atoms with van der Waals surface area (Å²) in [6, 6.07) is 8.25. The molecule has 3 rings (SSSR count). The number of anilines is 1. The average molecular weight is 344 g/mol. The van der Waals surface area contributed by atoms with Crippen LogP contribution in [-0.2, 0) is 17.9 Å². The molecule has 0 aliphatic carbocycles. The van der Waals surface area contributed by atoms with Gasteiger partial charge in [0.15, 0.2) is 0 Å². The smallest absolute Gasteiger partial charge is 0.246 e. The monoisotopic (exact) mass is 343 g/mol. The molecule has 2 heterocycles. The Morgan fingerprint density at radius 2 is 2.08 bits per heavy atom. The van der Waals surface area contributed by atoms with Gasteiger partial charge in [-0.2, -0.15) is 10.2 Å². The molecular weight excluding hydrogens is 326 g/mol. The van der Waals surface area contributed by atoms with Crippen molar-refractivity contribution in [2.75, 3.05) is 5.32 Å². The van der Waals surface area contributed by atoms with E-state index in [2.05, 4.69) is 40.6 Å².